The molecule has 0 bridgehead atoms. The van der Waals surface area contributed by atoms with Crippen LogP contribution < -0.4 is 20.5 Å². The fourth-order valence-electron chi connectivity index (χ4n) is 1.80. The summed E-state index contributed by atoms with van der Waals surface area (Å²) in [6.45, 7) is 0. The first-order valence-corrected chi connectivity index (χ1v) is 6.93. The lowest BCUT2D eigenvalue weighted by Gasteiger charge is -2.11. The van der Waals surface area contributed by atoms with Gasteiger partial charge in [-0.2, -0.15) is 0 Å². The lowest BCUT2D eigenvalue weighted by Crippen LogP contribution is -2.13. The maximum absolute atomic E-state index is 12.3. The van der Waals surface area contributed by atoms with E-state index < -0.39 is 0 Å². The number of ether oxygens (including phenoxy) is 2. The number of nitrogens with two attached hydrogens (primary N) is 1. The average molecular weight is 351 g/mol. The Labute approximate surface area is 131 Å². The van der Waals surface area contributed by atoms with Crippen LogP contribution in [0.4, 0.5) is 11.4 Å². The van der Waals surface area contributed by atoms with Crippen molar-refractivity contribution in [3.8, 4) is 11.5 Å². The third kappa shape index (κ3) is 3.46. The highest BCUT2D eigenvalue weighted by atomic mass is 79.9. The maximum Gasteiger partial charge on any atom is 0.256 e. The molecule has 2 rings (SSSR count). The van der Waals surface area contributed by atoms with Crippen LogP contribution in [0.3, 0.4) is 0 Å². The molecule has 0 aliphatic carbocycles. The second-order valence-corrected chi connectivity index (χ2v) is 5.06. The minimum atomic E-state index is -0.274. The molecular weight excluding hydrogens is 336 g/mol. The zero-order chi connectivity index (χ0) is 15.4. The number of halogens is 1. The minimum absolute atomic E-state index is 0.274. The molecule has 0 spiro atoms. The fraction of sp³-hybridized carbons (Fsp3) is 0.133. The van der Waals surface area contributed by atoms with E-state index in [0.29, 0.717) is 32.9 Å². The van der Waals surface area contributed by atoms with Gasteiger partial charge in [-0.15, -0.1) is 0 Å². The van der Waals surface area contributed by atoms with Crippen LogP contribution in [0.5, 0.6) is 11.5 Å². The molecule has 21 heavy (non-hydrogen) atoms. The summed E-state index contributed by atoms with van der Waals surface area (Å²) in [7, 11) is 3.10. The first-order chi connectivity index (χ1) is 10.0. The van der Waals surface area contributed by atoms with Crippen LogP contribution in [-0.2, 0) is 0 Å². The SMILES string of the molecule is COc1cc(NC(=O)c2cccc(N)c2Br)cc(OC)c1. The number of amides is 1. The summed E-state index contributed by atoms with van der Waals surface area (Å²) >= 11 is 3.32. The van der Waals surface area contributed by atoms with Crippen LogP contribution in [0.1, 0.15) is 10.4 Å². The second kappa shape index (κ2) is 6.49. The predicted molar refractivity (Wildman–Crippen MR) is 86.1 cm³/mol. The molecule has 5 nitrogen and oxygen atoms in total. The molecule has 0 aliphatic heterocycles. The summed E-state index contributed by atoms with van der Waals surface area (Å²) in [6, 6.07) is 10.3. The molecule has 0 unspecified atom stereocenters. The van der Waals surface area contributed by atoms with Crippen LogP contribution in [0.25, 0.3) is 0 Å². The van der Waals surface area contributed by atoms with Gasteiger partial charge in [-0.05, 0) is 28.1 Å². The number of rotatable bonds is 4. The molecule has 0 saturated carbocycles. The first kappa shape index (κ1) is 15.2. The number of benzene rings is 2. The van der Waals surface area contributed by atoms with Gasteiger partial charge < -0.3 is 20.5 Å². The van der Waals surface area contributed by atoms with Crippen molar-refractivity contribution in [2.45, 2.75) is 0 Å². The number of nitrogen functional groups attached to an aromatic ring is 1. The quantitative estimate of drug-likeness (QED) is 0.829. The van der Waals surface area contributed by atoms with Crippen LogP contribution in [0, 0.1) is 0 Å². The van der Waals surface area contributed by atoms with Crippen molar-refractivity contribution in [2.24, 2.45) is 0 Å². The number of nitrogens with one attached hydrogen (secondary N) is 1. The van der Waals surface area contributed by atoms with Gasteiger partial charge in [-0.25, -0.2) is 0 Å². The molecule has 0 radical (unpaired) electrons. The van der Waals surface area contributed by atoms with Gasteiger partial charge in [0.25, 0.3) is 5.91 Å². The fourth-order valence-corrected chi connectivity index (χ4v) is 2.25. The summed E-state index contributed by atoms with van der Waals surface area (Å²) < 4.78 is 10.9. The van der Waals surface area contributed by atoms with Crippen LogP contribution in [-0.4, -0.2) is 20.1 Å². The lowest BCUT2D eigenvalue weighted by atomic mass is 10.2. The Hall–Kier alpha value is -2.21. The number of methoxy groups -OCH3 is 2. The smallest absolute Gasteiger partial charge is 0.256 e. The molecule has 0 heterocycles. The molecule has 0 atom stereocenters. The molecule has 0 aliphatic rings. The molecule has 0 aromatic heterocycles. The maximum atomic E-state index is 12.3. The Kier molecular flexibility index (Phi) is 4.70. The number of hydrogen-bond acceptors (Lipinski definition) is 4. The Bertz CT molecular complexity index is 652. The number of hydrogen-bond donors (Lipinski definition) is 2. The van der Waals surface area contributed by atoms with E-state index >= 15 is 0 Å². The Balaban J connectivity index is 2.29. The standard InChI is InChI=1S/C15H15BrN2O3/c1-20-10-6-9(7-11(8-10)21-2)18-15(19)12-4-3-5-13(17)14(12)16/h3-8H,17H2,1-2H3,(H,18,19). The van der Waals surface area contributed by atoms with Crippen molar-refractivity contribution >= 4 is 33.2 Å². The highest BCUT2D eigenvalue weighted by molar-refractivity contribution is 9.10. The number of anilines is 2. The molecule has 3 N–H and O–H groups in total. The topological polar surface area (TPSA) is 73.6 Å². The first-order valence-electron chi connectivity index (χ1n) is 6.13. The zero-order valence-electron chi connectivity index (χ0n) is 11.6. The number of carbonyl (C=O) groups excluding carboxylic acids is 1. The zero-order valence-corrected chi connectivity index (χ0v) is 13.2. The third-order valence-corrected chi connectivity index (χ3v) is 3.77. The third-order valence-electron chi connectivity index (χ3n) is 2.88. The molecular formula is C15H15BrN2O3. The van der Waals surface area contributed by atoms with Gasteiger partial charge in [0, 0.05) is 29.6 Å². The molecule has 6 heteroatoms. The van der Waals surface area contributed by atoms with E-state index in [1.165, 1.54) is 0 Å². The Morgan fingerprint density at radius 3 is 2.33 bits per heavy atom. The summed E-state index contributed by atoms with van der Waals surface area (Å²) in [5.74, 6) is 0.914. The summed E-state index contributed by atoms with van der Waals surface area (Å²) in [4.78, 5) is 12.3. The van der Waals surface area contributed by atoms with Gasteiger partial charge in [-0.3, -0.25) is 4.79 Å². The van der Waals surface area contributed by atoms with E-state index in [9.17, 15) is 4.79 Å². The van der Waals surface area contributed by atoms with Crippen LogP contribution >= 0.6 is 15.9 Å². The van der Waals surface area contributed by atoms with E-state index in [4.69, 9.17) is 15.2 Å². The minimum Gasteiger partial charge on any atom is -0.497 e. The van der Waals surface area contributed by atoms with Gasteiger partial charge in [0.2, 0.25) is 0 Å². The van der Waals surface area contributed by atoms with Crippen LogP contribution in [0.15, 0.2) is 40.9 Å². The van der Waals surface area contributed by atoms with Gasteiger partial charge >= 0.3 is 0 Å². The number of carbonyl (C=O) groups is 1. The average Bonchev–Trinajstić information content (AvgIpc) is 2.49. The predicted octanol–water partition coefficient (Wildman–Crippen LogP) is 3.30. The molecule has 0 fully saturated rings. The molecule has 110 valence electrons. The van der Waals surface area contributed by atoms with Crippen LogP contribution in [0.2, 0.25) is 0 Å². The highest BCUT2D eigenvalue weighted by Crippen LogP contribution is 2.28. The van der Waals surface area contributed by atoms with Crippen molar-refractivity contribution in [3.05, 3.63) is 46.4 Å². The van der Waals surface area contributed by atoms with Crippen molar-refractivity contribution in [3.63, 3.8) is 0 Å². The van der Waals surface area contributed by atoms with E-state index in [-0.39, 0.29) is 5.91 Å². The second-order valence-electron chi connectivity index (χ2n) is 4.26. The normalized spacial score (nSPS) is 10.0. The van der Waals surface area contributed by atoms with E-state index in [1.54, 1.807) is 50.6 Å². The van der Waals surface area contributed by atoms with Crippen molar-refractivity contribution < 1.29 is 14.3 Å². The molecule has 1 amide bonds. The molecule has 2 aromatic carbocycles. The summed E-state index contributed by atoms with van der Waals surface area (Å²) in [5, 5.41) is 2.79. The van der Waals surface area contributed by atoms with Crippen molar-refractivity contribution in [1.29, 1.82) is 0 Å². The monoisotopic (exact) mass is 350 g/mol. The summed E-state index contributed by atoms with van der Waals surface area (Å²) in [5.41, 5.74) is 7.31. The molecule has 0 saturated heterocycles. The van der Waals surface area contributed by atoms with Gasteiger partial charge in [-0.1, -0.05) is 6.07 Å². The van der Waals surface area contributed by atoms with Gasteiger partial charge in [0.05, 0.1) is 24.3 Å². The van der Waals surface area contributed by atoms with Crippen molar-refractivity contribution in [2.75, 3.05) is 25.3 Å². The van der Waals surface area contributed by atoms with Crippen molar-refractivity contribution in [1.82, 2.24) is 0 Å². The van der Waals surface area contributed by atoms with E-state index in [0.717, 1.165) is 0 Å². The Morgan fingerprint density at radius 2 is 1.76 bits per heavy atom. The van der Waals surface area contributed by atoms with E-state index in [2.05, 4.69) is 21.2 Å². The Morgan fingerprint density at radius 1 is 1.14 bits per heavy atom. The van der Waals surface area contributed by atoms with Gasteiger partial charge in [0.15, 0.2) is 0 Å². The largest absolute Gasteiger partial charge is 0.497 e. The van der Waals surface area contributed by atoms with Gasteiger partial charge in [0.1, 0.15) is 11.5 Å². The highest BCUT2D eigenvalue weighted by Gasteiger charge is 2.13. The molecule has 2 aromatic rings. The van der Waals surface area contributed by atoms with E-state index in [1.807, 2.05) is 0 Å². The summed E-state index contributed by atoms with van der Waals surface area (Å²) in [6.07, 6.45) is 0. The lowest BCUT2D eigenvalue weighted by molar-refractivity contribution is 0.102.